The average molecular weight is 276 g/mol. The predicted molar refractivity (Wildman–Crippen MR) is 76.5 cm³/mol. The molecule has 100 valence electrons. The highest BCUT2D eigenvalue weighted by Crippen LogP contribution is 2.21. The van der Waals surface area contributed by atoms with Crippen LogP contribution >= 0.6 is 11.8 Å². The van der Waals surface area contributed by atoms with Gasteiger partial charge in [0.15, 0.2) is 5.76 Å². The van der Waals surface area contributed by atoms with Crippen molar-refractivity contribution < 1.29 is 9.21 Å². The molecule has 0 spiro atoms. The van der Waals surface area contributed by atoms with E-state index < -0.39 is 5.91 Å². The molecule has 3 N–H and O–H groups in total. The van der Waals surface area contributed by atoms with E-state index in [1.54, 1.807) is 17.8 Å². The second-order valence-corrected chi connectivity index (χ2v) is 5.22. The maximum atomic E-state index is 11.4. The Kier molecular flexibility index (Phi) is 4.65. The molecule has 1 heterocycles. The normalized spacial score (nSPS) is 10.4. The van der Waals surface area contributed by atoms with Crippen molar-refractivity contribution in [3.63, 3.8) is 0 Å². The third-order valence-corrected chi connectivity index (χ3v) is 3.75. The number of hydrogen-bond acceptors (Lipinski definition) is 4. The van der Waals surface area contributed by atoms with Crippen molar-refractivity contribution in [3.05, 3.63) is 59.0 Å². The molecule has 0 fully saturated rings. The Labute approximate surface area is 116 Å². The molecule has 1 aromatic carbocycles. The highest BCUT2D eigenvalue weighted by molar-refractivity contribution is 7.97. The average Bonchev–Trinajstić information content (AvgIpc) is 2.86. The number of furan rings is 1. The zero-order valence-electron chi connectivity index (χ0n) is 10.7. The molecule has 2 aromatic rings. The first-order valence-electron chi connectivity index (χ1n) is 5.91. The minimum atomic E-state index is -0.392. The lowest BCUT2D eigenvalue weighted by atomic mass is 10.2. The lowest BCUT2D eigenvalue weighted by Gasteiger charge is -2.03. The van der Waals surface area contributed by atoms with Gasteiger partial charge in [0.1, 0.15) is 0 Å². The van der Waals surface area contributed by atoms with Crippen molar-refractivity contribution in [3.8, 4) is 0 Å². The molecule has 5 heteroatoms. The minimum absolute atomic E-state index is 0.291. The maximum Gasteiger partial charge on any atom is 0.301 e. The number of nitrogen functional groups attached to an aromatic ring is 1. The Bertz CT molecular complexity index is 566. The van der Waals surface area contributed by atoms with Gasteiger partial charge in [-0.1, -0.05) is 29.8 Å². The van der Waals surface area contributed by atoms with Gasteiger partial charge in [0.2, 0.25) is 0 Å². The fraction of sp³-hybridized carbons (Fsp3) is 0.214. The summed E-state index contributed by atoms with van der Waals surface area (Å²) in [5, 5.41) is 0. The predicted octanol–water partition coefficient (Wildman–Crippen LogP) is 2.62. The molecule has 0 atom stereocenters. The summed E-state index contributed by atoms with van der Waals surface area (Å²) in [6.45, 7) is 2.08. The van der Waals surface area contributed by atoms with E-state index in [4.69, 9.17) is 10.3 Å². The number of amides is 1. The van der Waals surface area contributed by atoms with Gasteiger partial charge in [0.25, 0.3) is 0 Å². The van der Waals surface area contributed by atoms with Crippen molar-refractivity contribution in [1.82, 2.24) is 5.43 Å². The van der Waals surface area contributed by atoms with E-state index >= 15 is 0 Å². The first kappa shape index (κ1) is 13.7. The van der Waals surface area contributed by atoms with Gasteiger partial charge in [-0.2, -0.15) is 11.8 Å². The second-order valence-electron chi connectivity index (χ2n) is 4.23. The standard InChI is InChI=1S/C14H16N2O2S/c1-10-3-2-4-11(7-10)8-19-9-12-5-6-18-13(12)14(17)16-15/h2-7H,8-9,15H2,1H3,(H,16,17). The maximum absolute atomic E-state index is 11.4. The van der Waals surface area contributed by atoms with Crippen LogP contribution in [-0.2, 0) is 11.5 Å². The molecule has 2 rings (SSSR count). The Balaban J connectivity index is 1.93. The minimum Gasteiger partial charge on any atom is -0.459 e. The second kappa shape index (κ2) is 6.45. The van der Waals surface area contributed by atoms with Gasteiger partial charge in [-0.3, -0.25) is 10.2 Å². The molecule has 0 aliphatic heterocycles. The number of nitrogens with two attached hydrogens (primary N) is 1. The van der Waals surface area contributed by atoms with Crippen molar-refractivity contribution in [2.45, 2.75) is 18.4 Å². The van der Waals surface area contributed by atoms with Gasteiger partial charge in [0.05, 0.1) is 6.26 Å². The monoisotopic (exact) mass is 276 g/mol. The molecule has 0 aliphatic rings. The molecular formula is C14H16N2O2S. The van der Waals surface area contributed by atoms with E-state index in [2.05, 4.69) is 36.6 Å². The number of thioether (sulfide) groups is 1. The van der Waals surface area contributed by atoms with E-state index in [1.807, 2.05) is 0 Å². The number of rotatable bonds is 5. The highest BCUT2D eigenvalue weighted by Gasteiger charge is 2.13. The summed E-state index contributed by atoms with van der Waals surface area (Å²) in [5.74, 6) is 6.62. The summed E-state index contributed by atoms with van der Waals surface area (Å²) in [6, 6.07) is 10.2. The van der Waals surface area contributed by atoms with E-state index in [1.165, 1.54) is 17.4 Å². The van der Waals surface area contributed by atoms with Crippen LogP contribution < -0.4 is 11.3 Å². The van der Waals surface area contributed by atoms with Crippen molar-refractivity contribution in [1.29, 1.82) is 0 Å². The molecule has 0 aliphatic carbocycles. The summed E-state index contributed by atoms with van der Waals surface area (Å²) >= 11 is 1.73. The van der Waals surface area contributed by atoms with Crippen LogP contribution in [0.1, 0.15) is 27.2 Å². The summed E-state index contributed by atoms with van der Waals surface area (Å²) in [5.41, 5.74) is 5.47. The van der Waals surface area contributed by atoms with Crippen molar-refractivity contribution in [2.75, 3.05) is 0 Å². The molecule has 0 unspecified atom stereocenters. The first-order chi connectivity index (χ1) is 9.20. The fourth-order valence-electron chi connectivity index (χ4n) is 1.79. The van der Waals surface area contributed by atoms with Gasteiger partial charge >= 0.3 is 5.91 Å². The third kappa shape index (κ3) is 3.62. The summed E-state index contributed by atoms with van der Waals surface area (Å²) in [4.78, 5) is 11.4. The van der Waals surface area contributed by atoms with Crippen LogP contribution in [0.2, 0.25) is 0 Å². The Hall–Kier alpha value is -1.72. The molecule has 4 nitrogen and oxygen atoms in total. The van der Waals surface area contributed by atoms with Crippen molar-refractivity contribution >= 4 is 17.7 Å². The fourth-order valence-corrected chi connectivity index (χ4v) is 2.76. The molecule has 0 saturated carbocycles. The number of nitrogens with one attached hydrogen (secondary N) is 1. The summed E-state index contributed by atoms with van der Waals surface area (Å²) < 4.78 is 5.13. The van der Waals surface area contributed by atoms with E-state index in [0.29, 0.717) is 11.5 Å². The Morgan fingerprint density at radius 1 is 1.37 bits per heavy atom. The first-order valence-corrected chi connectivity index (χ1v) is 7.07. The molecule has 0 radical (unpaired) electrons. The molecule has 1 amide bonds. The van der Waals surface area contributed by atoms with E-state index in [0.717, 1.165) is 11.3 Å². The molecule has 0 saturated heterocycles. The molecule has 19 heavy (non-hydrogen) atoms. The zero-order valence-corrected chi connectivity index (χ0v) is 11.5. The topological polar surface area (TPSA) is 68.3 Å². The van der Waals surface area contributed by atoms with Crippen LogP contribution in [0.4, 0.5) is 0 Å². The van der Waals surface area contributed by atoms with Crippen LogP contribution in [0, 0.1) is 6.92 Å². The Morgan fingerprint density at radius 3 is 2.95 bits per heavy atom. The van der Waals surface area contributed by atoms with Crippen LogP contribution in [0.15, 0.2) is 41.0 Å². The number of benzene rings is 1. The van der Waals surface area contributed by atoms with Gasteiger partial charge in [-0.25, -0.2) is 5.84 Å². The van der Waals surface area contributed by atoms with Crippen molar-refractivity contribution in [2.24, 2.45) is 5.84 Å². The quantitative estimate of drug-likeness (QED) is 0.500. The van der Waals surface area contributed by atoms with Gasteiger partial charge in [0, 0.05) is 17.1 Å². The number of aryl methyl sites for hydroxylation is 1. The number of hydrazine groups is 1. The van der Waals surface area contributed by atoms with E-state index in [9.17, 15) is 4.79 Å². The lowest BCUT2D eigenvalue weighted by molar-refractivity contribution is 0.0925. The number of hydrogen-bond donors (Lipinski definition) is 2. The molecular weight excluding hydrogens is 260 g/mol. The van der Waals surface area contributed by atoms with Crippen LogP contribution in [0.5, 0.6) is 0 Å². The van der Waals surface area contributed by atoms with Crippen LogP contribution in [0.25, 0.3) is 0 Å². The number of carbonyl (C=O) groups is 1. The molecule has 1 aromatic heterocycles. The zero-order chi connectivity index (χ0) is 13.7. The summed E-state index contributed by atoms with van der Waals surface area (Å²) in [7, 11) is 0. The van der Waals surface area contributed by atoms with Gasteiger partial charge < -0.3 is 4.42 Å². The highest BCUT2D eigenvalue weighted by atomic mass is 32.2. The number of carbonyl (C=O) groups excluding carboxylic acids is 1. The van der Waals surface area contributed by atoms with Gasteiger partial charge in [-0.05, 0) is 18.6 Å². The Morgan fingerprint density at radius 2 is 2.21 bits per heavy atom. The smallest absolute Gasteiger partial charge is 0.301 e. The van der Waals surface area contributed by atoms with Crippen LogP contribution in [0.3, 0.4) is 0 Å². The largest absolute Gasteiger partial charge is 0.459 e. The van der Waals surface area contributed by atoms with Crippen LogP contribution in [-0.4, -0.2) is 5.91 Å². The van der Waals surface area contributed by atoms with Gasteiger partial charge in [-0.15, -0.1) is 0 Å². The molecule has 0 bridgehead atoms. The third-order valence-electron chi connectivity index (χ3n) is 2.69. The summed E-state index contributed by atoms with van der Waals surface area (Å²) in [6.07, 6.45) is 1.51. The lowest BCUT2D eigenvalue weighted by Crippen LogP contribution is -2.30. The van der Waals surface area contributed by atoms with E-state index in [-0.39, 0.29) is 0 Å². The SMILES string of the molecule is Cc1cccc(CSCc2ccoc2C(=O)NN)c1.